The van der Waals surface area contributed by atoms with E-state index >= 15 is 0 Å². The molecule has 0 radical (unpaired) electrons. The van der Waals surface area contributed by atoms with Crippen molar-refractivity contribution in [3.63, 3.8) is 0 Å². The van der Waals surface area contributed by atoms with Gasteiger partial charge >= 0.3 is 0 Å². The van der Waals surface area contributed by atoms with Gasteiger partial charge < -0.3 is 4.74 Å². The van der Waals surface area contributed by atoms with Gasteiger partial charge in [-0.25, -0.2) is 4.98 Å². The number of halogens is 1. The Bertz CT molecular complexity index is 892. The maximum atomic E-state index is 6.11. The number of hydrazone groups is 1. The third-order valence-electron chi connectivity index (χ3n) is 3.60. The van der Waals surface area contributed by atoms with Crippen molar-refractivity contribution in [2.24, 2.45) is 5.10 Å². The van der Waals surface area contributed by atoms with Crippen LogP contribution < -0.4 is 10.2 Å². The summed E-state index contributed by atoms with van der Waals surface area (Å²) in [7, 11) is 0. The molecule has 1 aromatic heterocycles. The first-order valence-corrected chi connectivity index (χ1v) is 9.05. The maximum absolute atomic E-state index is 6.11. The highest BCUT2D eigenvalue weighted by Gasteiger charge is 2.05. The van der Waals surface area contributed by atoms with Crippen molar-refractivity contribution in [3.8, 4) is 5.75 Å². The predicted molar refractivity (Wildman–Crippen MR) is 105 cm³/mol. The Morgan fingerprint density at radius 1 is 1.24 bits per heavy atom. The molecule has 3 rings (SSSR count). The van der Waals surface area contributed by atoms with Gasteiger partial charge in [0.1, 0.15) is 12.4 Å². The topological polar surface area (TPSA) is 46.5 Å². The molecule has 4 nitrogen and oxygen atoms in total. The molecule has 3 aromatic rings. The summed E-state index contributed by atoms with van der Waals surface area (Å²) in [5.74, 6) is 0.730. The lowest BCUT2D eigenvalue weighted by Gasteiger charge is -2.11. The van der Waals surface area contributed by atoms with Gasteiger partial charge in [-0.3, -0.25) is 5.43 Å². The molecule has 0 saturated heterocycles. The molecule has 0 fully saturated rings. The summed E-state index contributed by atoms with van der Waals surface area (Å²) in [6, 6.07) is 13.7. The van der Waals surface area contributed by atoms with Crippen LogP contribution in [-0.4, -0.2) is 11.2 Å². The van der Waals surface area contributed by atoms with Crippen molar-refractivity contribution in [2.75, 3.05) is 5.43 Å². The van der Waals surface area contributed by atoms with Crippen LogP contribution in [-0.2, 0) is 6.61 Å². The lowest BCUT2D eigenvalue weighted by Crippen LogP contribution is -2.00. The second kappa shape index (κ2) is 8.14. The molecule has 0 aliphatic heterocycles. The summed E-state index contributed by atoms with van der Waals surface area (Å²) in [6.45, 7) is 4.51. The van der Waals surface area contributed by atoms with E-state index in [4.69, 9.17) is 16.3 Å². The average Bonchev–Trinajstić information content (AvgIpc) is 3.01. The molecule has 0 bridgehead atoms. The number of hydrogen-bond donors (Lipinski definition) is 1. The summed E-state index contributed by atoms with van der Waals surface area (Å²) < 4.78 is 5.98. The maximum Gasteiger partial charge on any atom is 0.203 e. The molecule has 1 heterocycles. The van der Waals surface area contributed by atoms with Crippen molar-refractivity contribution in [2.45, 2.75) is 20.5 Å². The zero-order valence-electron chi connectivity index (χ0n) is 14.0. The monoisotopic (exact) mass is 371 g/mol. The highest BCUT2D eigenvalue weighted by Crippen LogP contribution is 2.23. The Morgan fingerprint density at radius 2 is 2.08 bits per heavy atom. The molecule has 6 heteroatoms. The van der Waals surface area contributed by atoms with Crippen molar-refractivity contribution in [1.29, 1.82) is 0 Å². The number of nitrogens with zero attached hydrogens (tertiary/aromatic N) is 2. The number of anilines is 1. The van der Waals surface area contributed by atoms with Crippen LogP contribution in [0.3, 0.4) is 0 Å². The van der Waals surface area contributed by atoms with Crippen molar-refractivity contribution in [3.05, 3.63) is 75.3 Å². The van der Waals surface area contributed by atoms with Crippen LogP contribution in [0, 0.1) is 13.8 Å². The van der Waals surface area contributed by atoms with E-state index in [9.17, 15) is 0 Å². The zero-order chi connectivity index (χ0) is 17.6. The lowest BCUT2D eigenvalue weighted by atomic mass is 10.1. The Morgan fingerprint density at radius 3 is 2.84 bits per heavy atom. The average molecular weight is 372 g/mol. The molecule has 0 spiro atoms. The quantitative estimate of drug-likeness (QED) is 0.463. The van der Waals surface area contributed by atoms with Crippen LogP contribution in [0.15, 0.2) is 52.9 Å². The second-order valence-electron chi connectivity index (χ2n) is 5.56. The van der Waals surface area contributed by atoms with Crippen LogP contribution >= 0.6 is 22.9 Å². The molecule has 0 atom stereocenters. The van der Waals surface area contributed by atoms with E-state index in [1.807, 2.05) is 42.6 Å². The Balaban J connectivity index is 1.72. The molecule has 0 amide bonds. The molecule has 0 aliphatic carbocycles. The van der Waals surface area contributed by atoms with E-state index in [2.05, 4.69) is 34.6 Å². The predicted octanol–water partition coefficient (Wildman–Crippen LogP) is 5.44. The molecule has 128 valence electrons. The van der Waals surface area contributed by atoms with Crippen LogP contribution in [0.25, 0.3) is 0 Å². The smallest absolute Gasteiger partial charge is 0.203 e. The highest BCUT2D eigenvalue weighted by molar-refractivity contribution is 7.13. The minimum atomic E-state index is 0.494. The lowest BCUT2D eigenvalue weighted by molar-refractivity contribution is 0.305. The minimum Gasteiger partial charge on any atom is -0.488 e. The molecule has 0 aliphatic rings. The van der Waals surface area contributed by atoms with E-state index < -0.39 is 0 Å². The van der Waals surface area contributed by atoms with Gasteiger partial charge in [-0.2, -0.15) is 5.10 Å². The van der Waals surface area contributed by atoms with Gasteiger partial charge in [-0.15, -0.1) is 11.3 Å². The van der Waals surface area contributed by atoms with E-state index in [1.54, 1.807) is 6.21 Å². The second-order valence-corrected chi connectivity index (χ2v) is 6.86. The Kier molecular flexibility index (Phi) is 5.68. The van der Waals surface area contributed by atoms with Gasteiger partial charge in [0.2, 0.25) is 5.13 Å². The number of rotatable bonds is 6. The first-order valence-electron chi connectivity index (χ1n) is 7.80. The van der Waals surface area contributed by atoms with Gasteiger partial charge in [0.25, 0.3) is 0 Å². The highest BCUT2D eigenvalue weighted by atomic mass is 35.5. The zero-order valence-corrected chi connectivity index (χ0v) is 15.6. The van der Waals surface area contributed by atoms with Crippen molar-refractivity contribution >= 4 is 34.3 Å². The summed E-state index contributed by atoms with van der Waals surface area (Å²) in [5.41, 5.74) is 7.05. The normalized spacial score (nSPS) is 11.0. The largest absolute Gasteiger partial charge is 0.488 e. The van der Waals surface area contributed by atoms with Gasteiger partial charge in [0.15, 0.2) is 0 Å². The third-order valence-corrected chi connectivity index (χ3v) is 4.70. The number of aromatic nitrogens is 1. The number of benzene rings is 2. The van der Waals surface area contributed by atoms with Gasteiger partial charge in [-0.05, 0) is 43.2 Å². The molecule has 0 unspecified atom stereocenters. The number of ether oxygens (including phenoxy) is 1. The summed E-state index contributed by atoms with van der Waals surface area (Å²) in [6.07, 6.45) is 1.69. The summed E-state index contributed by atoms with van der Waals surface area (Å²) in [5, 5.41) is 7.58. The summed E-state index contributed by atoms with van der Waals surface area (Å²) in [4.78, 5) is 4.30. The van der Waals surface area contributed by atoms with Crippen LogP contribution in [0.1, 0.15) is 22.4 Å². The van der Waals surface area contributed by atoms with Gasteiger partial charge in [-0.1, -0.05) is 35.9 Å². The van der Waals surface area contributed by atoms with Gasteiger partial charge in [0.05, 0.1) is 11.9 Å². The fourth-order valence-electron chi connectivity index (χ4n) is 2.24. The first-order chi connectivity index (χ1) is 12.1. The van der Waals surface area contributed by atoms with Crippen molar-refractivity contribution in [1.82, 2.24) is 4.98 Å². The molecule has 1 N–H and O–H groups in total. The first kappa shape index (κ1) is 17.5. The van der Waals surface area contributed by atoms with Gasteiger partial charge in [0, 0.05) is 16.0 Å². The molecule has 0 saturated carbocycles. The Labute approximate surface area is 156 Å². The van der Waals surface area contributed by atoms with E-state index in [0.29, 0.717) is 11.6 Å². The fraction of sp³-hybridized carbons (Fsp3) is 0.158. The van der Waals surface area contributed by atoms with Crippen LogP contribution in [0.4, 0.5) is 5.13 Å². The molecular weight excluding hydrogens is 354 g/mol. The van der Waals surface area contributed by atoms with Crippen LogP contribution in [0.5, 0.6) is 5.75 Å². The fourth-order valence-corrected chi connectivity index (χ4v) is 3.06. The number of nitrogens with one attached hydrogen (secondary N) is 1. The third kappa shape index (κ3) is 4.81. The molecule has 2 aromatic carbocycles. The molecule has 25 heavy (non-hydrogen) atoms. The number of thiazole rings is 1. The van der Waals surface area contributed by atoms with Crippen molar-refractivity contribution < 1.29 is 4.74 Å². The van der Waals surface area contributed by atoms with E-state index in [-0.39, 0.29) is 0 Å². The Hall–Kier alpha value is -2.37. The SMILES string of the molecule is Cc1csc(NN=Cc2cc(Cl)ccc2OCc2ccccc2C)n1. The molecular formula is C19H18ClN3OS. The minimum absolute atomic E-state index is 0.494. The number of aryl methyl sites for hydroxylation is 2. The number of hydrogen-bond acceptors (Lipinski definition) is 5. The summed E-state index contributed by atoms with van der Waals surface area (Å²) >= 11 is 7.62. The van der Waals surface area contributed by atoms with Crippen LogP contribution in [0.2, 0.25) is 5.02 Å². The van der Waals surface area contributed by atoms with E-state index in [1.165, 1.54) is 16.9 Å². The standard InChI is InChI=1S/C19H18ClN3OS/c1-13-5-3-4-6-15(13)11-24-18-8-7-17(20)9-16(18)10-21-23-19-22-14(2)12-25-19/h3-10,12H,11H2,1-2H3,(H,22,23). The van der Waals surface area contributed by atoms with E-state index in [0.717, 1.165) is 27.7 Å².